The molecule has 12 heavy (non-hydrogen) atoms. The molecule has 4 heteroatoms. The molecule has 1 aliphatic carbocycles. The molecule has 0 saturated carbocycles. The van der Waals surface area contributed by atoms with Crippen LogP contribution in [-0.4, -0.2) is 12.2 Å². The SMILES string of the molecule is NC(N)=N/[NH+]=C/[C@@H]1CC=CCC1. The quantitative estimate of drug-likeness (QED) is 0.206. The highest BCUT2D eigenvalue weighted by atomic mass is 15.3. The van der Waals surface area contributed by atoms with Gasteiger partial charge in [-0.1, -0.05) is 12.2 Å². The molecule has 0 saturated heterocycles. The Hall–Kier alpha value is -1.32. The summed E-state index contributed by atoms with van der Waals surface area (Å²) in [6.07, 6.45) is 9.71. The molecule has 1 aliphatic rings. The van der Waals surface area contributed by atoms with E-state index in [1.807, 2.05) is 6.21 Å². The van der Waals surface area contributed by atoms with Crippen molar-refractivity contribution in [2.24, 2.45) is 22.5 Å². The topological polar surface area (TPSA) is 78.4 Å². The number of nitrogens with zero attached hydrogens (tertiary/aromatic N) is 1. The van der Waals surface area contributed by atoms with Crippen molar-refractivity contribution >= 4 is 12.2 Å². The number of hydrogen-bond acceptors (Lipinski definition) is 1. The first-order valence-electron chi connectivity index (χ1n) is 4.11. The van der Waals surface area contributed by atoms with Gasteiger partial charge in [0.05, 0.1) is 0 Å². The number of guanidine groups is 1. The molecule has 0 aromatic heterocycles. The molecule has 0 fully saturated rings. The number of allylic oxidation sites excluding steroid dienone is 2. The van der Waals surface area contributed by atoms with E-state index in [0.717, 1.165) is 12.8 Å². The van der Waals surface area contributed by atoms with E-state index in [2.05, 4.69) is 22.4 Å². The molecule has 0 aromatic rings. The molecule has 0 amide bonds. The van der Waals surface area contributed by atoms with Gasteiger partial charge in [-0.2, -0.15) is 0 Å². The Kier molecular flexibility index (Phi) is 3.32. The first-order valence-corrected chi connectivity index (χ1v) is 4.11. The second-order valence-electron chi connectivity index (χ2n) is 2.88. The van der Waals surface area contributed by atoms with E-state index in [-0.39, 0.29) is 5.96 Å². The van der Waals surface area contributed by atoms with E-state index in [0.29, 0.717) is 5.92 Å². The molecule has 0 aliphatic heterocycles. The maximum absolute atomic E-state index is 5.14. The predicted octanol–water partition coefficient (Wildman–Crippen LogP) is -1.32. The second kappa shape index (κ2) is 4.54. The molecule has 1 rings (SSSR count). The Bertz CT molecular complexity index is 213. The summed E-state index contributed by atoms with van der Waals surface area (Å²) < 4.78 is 0. The van der Waals surface area contributed by atoms with Crippen LogP contribution in [0.25, 0.3) is 0 Å². The Morgan fingerprint density at radius 2 is 2.33 bits per heavy atom. The van der Waals surface area contributed by atoms with Gasteiger partial charge in [0, 0.05) is 11.0 Å². The fourth-order valence-corrected chi connectivity index (χ4v) is 1.19. The van der Waals surface area contributed by atoms with Gasteiger partial charge in [0.1, 0.15) is 0 Å². The minimum atomic E-state index is 0.0672. The smallest absolute Gasteiger partial charge is 0.256 e. The fourth-order valence-electron chi connectivity index (χ4n) is 1.19. The molecule has 0 bridgehead atoms. The van der Waals surface area contributed by atoms with Crippen LogP contribution in [0, 0.1) is 5.92 Å². The van der Waals surface area contributed by atoms with Crippen LogP contribution in [-0.2, 0) is 0 Å². The van der Waals surface area contributed by atoms with Crippen LogP contribution in [0.5, 0.6) is 0 Å². The van der Waals surface area contributed by atoms with Crippen LogP contribution in [0.3, 0.4) is 0 Å². The molecule has 0 unspecified atom stereocenters. The van der Waals surface area contributed by atoms with Crippen LogP contribution in [0.2, 0.25) is 0 Å². The van der Waals surface area contributed by atoms with Crippen molar-refractivity contribution in [3.05, 3.63) is 12.2 Å². The van der Waals surface area contributed by atoms with E-state index in [1.54, 1.807) is 0 Å². The standard InChI is InChI=1S/C8H14N4/c9-8(10)12-11-6-7-4-2-1-3-5-7/h1-2,6-7H,3-5H2,(H4,9,10,12)/p+1/b11-6+/t7-/m1/s1. The lowest BCUT2D eigenvalue weighted by Gasteiger charge is -2.07. The van der Waals surface area contributed by atoms with Crippen molar-refractivity contribution in [3.8, 4) is 0 Å². The summed E-state index contributed by atoms with van der Waals surface area (Å²) in [7, 11) is 0. The summed E-state index contributed by atoms with van der Waals surface area (Å²) in [6, 6.07) is 0. The molecule has 0 spiro atoms. The van der Waals surface area contributed by atoms with Gasteiger partial charge in [-0.3, -0.25) is 0 Å². The zero-order valence-electron chi connectivity index (χ0n) is 7.03. The van der Waals surface area contributed by atoms with E-state index >= 15 is 0 Å². The summed E-state index contributed by atoms with van der Waals surface area (Å²) in [4.78, 5) is 0. The lowest BCUT2D eigenvalue weighted by atomic mass is 9.96. The van der Waals surface area contributed by atoms with Crippen LogP contribution in [0.1, 0.15) is 19.3 Å². The third-order valence-corrected chi connectivity index (χ3v) is 1.81. The minimum absolute atomic E-state index is 0.0672. The average Bonchev–Trinajstić information content (AvgIpc) is 2.05. The van der Waals surface area contributed by atoms with Gasteiger partial charge in [0.2, 0.25) is 0 Å². The Morgan fingerprint density at radius 1 is 1.50 bits per heavy atom. The van der Waals surface area contributed by atoms with E-state index < -0.39 is 0 Å². The van der Waals surface area contributed by atoms with Crippen LogP contribution >= 0.6 is 0 Å². The van der Waals surface area contributed by atoms with E-state index in [4.69, 9.17) is 11.5 Å². The maximum atomic E-state index is 5.14. The Morgan fingerprint density at radius 3 is 2.92 bits per heavy atom. The molecular formula is C8H15N4+. The highest BCUT2D eigenvalue weighted by Crippen LogP contribution is 2.14. The molecule has 0 radical (unpaired) electrons. The summed E-state index contributed by atoms with van der Waals surface area (Å²) in [5, 5.41) is 6.39. The third-order valence-electron chi connectivity index (χ3n) is 1.81. The zero-order valence-corrected chi connectivity index (χ0v) is 7.03. The highest BCUT2D eigenvalue weighted by Gasteiger charge is 2.08. The number of nitrogens with two attached hydrogens (primary N) is 2. The van der Waals surface area contributed by atoms with Gasteiger partial charge < -0.3 is 11.5 Å². The Balaban J connectivity index is 2.35. The predicted molar refractivity (Wildman–Crippen MR) is 49.3 cm³/mol. The van der Waals surface area contributed by atoms with E-state index in [1.165, 1.54) is 6.42 Å². The van der Waals surface area contributed by atoms with Crippen LogP contribution in [0.15, 0.2) is 17.3 Å². The number of hydrogen-bond donors (Lipinski definition) is 3. The monoisotopic (exact) mass is 167 g/mol. The van der Waals surface area contributed by atoms with Crippen LogP contribution < -0.4 is 16.6 Å². The lowest BCUT2D eigenvalue weighted by molar-refractivity contribution is -0.459. The second-order valence-corrected chi connectivity index (χ2v) is 2.88. The van der Waals surface area contributed by atoms with Crippen molar-refractivity contribution in [3.63, 3.8) is 0 Å². The van der Waals surface area contributed by atoms with Crippen molar-refractivity contribution in [1.29, 1.82) is 0 Å². The Labute approximate surface area is 72.0 Å². The van der Waals surface area contributed by atoms with Crippen molar-refractivity contribution in [2.45, 2.75) is 19.3 Å². The normalized spacial score (nSPS) is 22.8. The van der Waals surface area contributed by atoms with Crippen molar-refractivity contribution < 1.29 is 5.10 Å². The number of nitrogens with one attached hydrogen (secondary N) is 1. The maximum Gasteiger partial charge on any atom is 0.256 e. The molecule has 4 nitrogen and oxygen atoms in total. The highest BCUT2D eigenvalue weighted by molar-refractivity contribution is 5.74. The van der Waals surface area contributed by atoms with Gasteiger partial charge in [-0.25, -0.2) is 0 Å². The minimum Gasteiger partial charge on any atom is -0.365 e. The number of rotatable bonds is 2. The third kappa shape index (κ3) is 3.18. The first kappa shape index (κ1) is 8.77. The molecule has 5 N–H and O–H groups in total. The van der Waals surface area contributed by atoms with Gasteiger partial charge in [-0.15, -0.1) is 5.10 Å². The largest absolute Gasteiger partial charge is 0.365 e. The summed E-state index contributed by atoms with van der Waals surface area (Å²) in [5.74, 6) is 0.621. The first-order chi connectivity index (χ1) is 5.79. The molecular weight excluding hydrogens is 152 g/mol. The van der Waals surface area contributed by atoms with E-state index in [9.17, 15) is 0 Å². The van der Waals surface area contributed by atoms with Gasteiger partial charge >= 0.3 is 0 Å². The van der Waals surface area contributed by atoms with Gasteiger partial charge in [-0.05, 0) is 19.3 Å². The summed E-state index contributed by atoms with van der Waals surface area (Å²) in [6.45, 7) is 0. The van der Waals surface area contributed by atoms with Gasteiger partial charge in [0.15, 0.2) is 6.21 Å². The zero-order chi connectivity index (χ0) is 8.81. The van der Waals surface area contributed by atoms with Crippen molar-refractivity contribution in [1.82, 2.24) is 0 Å². The van der Waals surface area contributed by atoms with Crippen molar-refractivity contribution in [2.75, 3.05) is 0 Å². The van der Waals surface area contributed by atoms with Crippen LogP contribution in [0.4, 0.5) is 0 Å². The molecule has 0 heterocycles. The molecule has 1 atom stereocenters. The fraction of sp³-hybridized carbons (Fsp3) is 0.500. The summed E-state index contributed by atoms with van der Waals surface area (Å²) >= 11 is 0. The average molecular weight is 167 g/mol. The van der Waals surface area contributed by atoms with Gasteiger partial charge in [0.25, 0.3) is 5.96 Å². The summed E-state index contributed by atoms with van der Waals surface area (Å²) in [5.41, 5.74) is 10.3. The molecule has 0 aromatic carbocycles. The number of hydrazone groups is 1. The lowest BCUT2D eigenvalue weighted by Crippen LogP contribution is -2.64. The molecule has 66 valence electrons.